The van der Waals surface area contributed by atoms with Gasteiger partial charge in [0, 0.05) is 24.7 Å². The summed E-state index contributed by atoms with van der Waals surface area (Å²) in [7, 11) is 0. The molecule has 1 aliphatic carbocycles. The second kappa shape index (κ2) is 6.79. The zero-order chi connectivity index (χ0) is 19.1. The van der Waals surface area contributed by atoms with Gasteiger partial charge in [-0.2, -0.15) is 14.6 Å². The van der Waals surface area contributed by atoms with E-state index in [1.54, 1.807) is 0 Å². The molecule has 0 unspecified atom stereocenters. The first-order valence-electron chi connectivity index (χ1n) is 9.65. The Morgan fingerprint density at radius 2 is 2.21 bits per heavy atom. The van der Waals surface area contributed by atoms with Crippen LogP contribution >= 0.6 is 0 Å². The number of aromatic nitrogens is 5. The molecule has 1 aliphatic rings. The Hall–Kier alpha value is -3.13. The van der Waals surface area contributed by atoms with E-state index >= 15 is 0 Å². The molecule has 0 saturated heterocycles. The summed E-state index contributed by atoms with van der Waals surface area (Å²) >= 11 is 0. The van der Waals surface area contributed by atoms with Crippen molar-refractivity contribution in [3.63, 3.8) is 0 Å². The lowest BCUT2D eigenvalue weighted by atomic mass is 10.1. The Morgan fingerprint density at radius 1 is 1.29 bits per heavy atom. The van der Waals surface area contributed by atoms with Crippen molar-refractivity contribution in [1.29, 1.82) is 0 Å². The molecular formula is C20H25N7O. The summed E-state index contributed by atoms with van der Waals surface area (Å²) in [5.74, 6) is 1.94. The number of hydrogen-bond donors (Lipinski definition) is 4. The molecule has 4 aromatic rings. The molecule has 0 radical (unpaired) electrons. The molecule has 5 rings (SSSR count). The molecule has 0 amide bonds. The summed E-state index contributed by atoms with van der Waals surface area (Å²) in [5.41, 5.74) is 3.63. The number of pyridine rings is 1. The minimum Gasteiger partial charge on any atom is -0.393 e. The number of fused-ring (bicyclic) bond motifs is 2. The van der Waals surface area contributed by atoms with Crippen LogP contribution in [0.2, 0.25) is 0 Å². The van der Waals surface area contributed by atoms with Gasteiger partial charge in [0.15, 0.2) is 5.65 Å². The molecule has 3 heterocycles. The predicted molar refractivity (Wildman–Crippen MR) is 111 cm³/mol. The third-order valence-electron chi connectivity index (χ3n) is 5.45. The van der Waals surface area contributed by atoms with Crippen molar-refractivity contribution in [2.75, 3.05) is 17.2 Å². The summed E-state index contributed by atoms with van der Waals surface area (Å²) in [6.45, 7) is 2.83. The number of hydrogen-bond acceptors (Lipinski definition) is 6. The molecule has 1 aromatic carbocycles. The second-order valence-corrected chi connectivity index (χ2v) is 7.54. The summed E-state index contributed by atoms with van der Waals surface area (Å²) in [6, 6.07) is 11.9. The summed E-state index contributed by atoms with van der Waals surface area (Å²) < 4.78 is 1.81. The first kappa shape index (κ1) is 17.0. The Balaban J connectivity index is 0.00000205. The van der Waals surface area contributed by atoms with E-state index in [4.69, 9.17) is 0 Å². The molecule has 2 atom stereocenters. The maximum Gasteiger partial charge on any atom is 0.247 e. The van der Waals surface area contributed by atoms with Gasteiger partial charge in [-0.3, -0.25) is 5.10 Å². The molecule has 8 nitrogen and oxygen atoms in total. The summed E-state index contributed by atoms with van der Waals surface area (Å²) in [5, 5.41) is 29.5. The zero-order valence-electron chi connectivity index (χ0n) is 15.7. The first-order chi connectivity index (χ1) is 13.7. The van der Waals surface area contributed by atoms with Crippen LogP contribution in [0.5, 0.6) is 0 Å². The molecule has 0 bridgehead atoms. The molecule has 146 valence electrons. The fourth-order valence-corrected chi connectivity index (χ4v) is 3.93. The molecule has 0 spiro atoms. The van der Waals surface area contributed by atoms with Crippen molar-refractivity contribution in [3.8, 4) is 0 Å². The Kier molecular flexibility index (Phi) is 4.12. The van der Waals surface area contributed by atoms with E-state index in [0.717, 1.165) is 59.6 Å². The fraction of sp³-hybridized carbons (Fsp3) is 0.350. The zero-order valence-corrected chi connectivity index (χ0v) is 15.7. The first-order valence-corrected chi connectivity index (χ1v) is 9.65. The van der Waals surface area contributed by atoms with Crippen LogP contribution < -0.4 is 10.6 Å². The highest BCUT2D eigenvalue weighted by atomic mass is 16.3. The Morgan fingerprint density at radius 3 is 3.07 bits per heavy atom. The van der Waals surface area contributed by atoms with Crippen LogP contribution in [-0.2, 0) is 0 Å². The van der Waals surface area contributed by atoms with Crippen LogP contribution in [0, 0.1) is 12.8 Å². The SMILES string of the molecule is Cc1[nH]nc2cc(Nc3nc4cccc(NC[C@H]5CC[C@H](O)C5)n4n3)ccc12.[HH]. The second-order valence-electron chi connectivity index (χ2n) is 7.54. The molecule has 4 N–H and O–H groups in total. The molecule has 0 aliphatic heterocycles. The number of aromatic amines is 1. The van der Waals surface area contributed by atoms with Gasteiger partial charge in [-0.15, -0.1) is 5.10 Å². The van der Waals surface area contributed by atoms with Gasteiger partial charge < -0.3 is 15.7 Å². The lowest BCUT2D eigenvalue weighted by Gasteiger charge is -2.12. The van der Waals surface area contributed by atoms with Gasteiger partial charge in [0.2, 0.25) is 5.95 Å². The molecule has 8 heteroatoms. The van der Waals surface area contributed by atoms with E-state index in [1.807, 2.05) is 47.8 Å². The van der Waals surface area contributed by atoms with E-state index in [0.29, 0.717) is 11.9 Å². The highest BCUT2D eigenvalue weighted by Gasteiger charge is 2.22. The predicted octanol–water partition coefficient (Wildman–Crippen LogP) is 3.48. The smallest absolute Gasteiger partial charge is 0.247 e. The minimum atomic E-state index is -0.152. The van der Waals surface area contributed by atoms with Gasteiger partial charge >= 0.3 is 0 Å². The molecule has 1 fully saturated rings. The van der Waals surface area contributed by atoms with Crippen molar-refractivity contribution in [3.05, 3.63) is 42.1 Å². The van der Waals surface area contributed by atoms with Gasteiger partial charge in [0.1, 0.15) is 5.82 Å². The number of benzene rings is 1. The number of aliphatic hydroxyl groups excluding tert-OH is 1. The molecular weight excluding hydrogens is 354 g/mol. The van der Waals surface area contributed by atoms with E-state index in [1.165, 1.54) is 0 Å². The van der Waals surface area contributed by atoms with Crippen LogP contribution in [0.3, 0.4) is 0 Å². The highest BCUT2D eigenvalue weighted by Crippen LogP contribution is 2.26. The van der Waals surface area contributed by atoms with E-state index in [2.05, 4.69) is 30.9 Å². The van der Waals surface area contributed by atoms with Crippen molar-refractivity contribution >= 4 is 34.0 Å². The van der Waals surface area contributed by atoms with Gasteiger partial charge in [-0.05, 0) is 62.4 Å². The standard InChI is InChI=1S/C20H23N7O.H2/c1-12-16-8-6-14(10-17(16)25-24-12)22-20-23-19-4-2-3-18(27(19)26-20)21-11-13-5-7-15(28)9-13;/h2-4,6,8,10,13,15,21,28H,5,7,9,11H2,1H3,(H,22,26)(H,24,25);1H/t13-,15-;/m0./s1. The van der Waals surface area contributed by atoms with E-state index in [-0.39, 0.29) is 7.53 Å². The van der Waals surface area contributed by atoms with Crippen LogP contribution in [0.4, 0.5) is 17.5 Å². The molecule has 28 heavy (non-hydrogen) atoms. The van der Waals surface area contributed by atoms with E-state index < -0.39 is 0 Å². The molecule has 3 aromatic heterocycles. The number of aliphatic hydroxyl groups is 1. The number of H-pyrrole nitrogens is 1. The highest BCUT2D eigenvalue weighted by molar-refractivity contribution is 5.85. The normalized spacial score (nSPS) is 19.5. The number of anilines is 3. The fourth-order valence-electron chi connectivity index (χ4n) is 3.93. The van der Waals surface area contributed by atoms with Gasteiger partial charge in [-0.1, -0.05) is 6.07 Å². The van der Waals surface area contributed by atoms with Crippen molar-refractivity contribution in [1.82, 2.24) is 24.8 Å². The average molecular weight is 379 g/mol. The number of nitrogens with one attached hydrogen (secondary N) is 3. The summed E-state index contributed by atoms with van der Waals surface area (Å²) in [6.07, 6.45) is 2.67. The van der Waals surface area contributed by atoms with E-state index in [9.17, 15) is 5.11 Å². The number of aryl methyl sites for hydroxylation is 1. The minimum absolute atomic E-state index is 0. The third-order valence-corrected chi connectivity index (χ3v) is 5.45. The van der Waals surface area contributed by atoms with Gasteiger partial charge in [0.05, 0.1) is 11.6 Å². The van der Waals surface area contributed by atoms with Gasteiger partial charge in [-0.25, -0.2) is 0 Å². The average Bonchev–Trinajstić information content (AvgIpc) is 3.39. The molecule has 1 saturated carbocycles. The van der Waals surface area contributed by atoms with Crippen LogP contribution in [-0.4, -0.2) is 42.6 Å². The monoisotopic (exact) mass is 379 g/mol. The Labute approximate surface area is 163 Å². The van der Waals surface area contributed by atoms with Crippen molar-refractivity contribution in [2.24, 2.45) is 5.92 Å². The maximum atomic E-state index is 9.71. The van der Waals surface area contributed by atoms with Crippen LogP contribution in [0.15, 0.2) is 36.4 Å². The van der Waals surface area contributed by atoms with Crippen LogP contribution in [0.1, 0.15) is 26.4 Å². The number of rotatable bonds is 5. The maximum absolute atomic E-state index is 9.71. The van der Waals surface area contributed by atoms with Crippen molar-refractivity contribution < 1.29 is 6.53 Å². The van der Waals surface area contributed by atoms with Crippen LogP contribution in [0.25, 0.3) is 16.6 Å². The lowest BCUT2D eigenvalue weighted by Crippen LogP contribution is -2.14. The largest absolute Gasteiger partial charge is 0.393 e. The number of nitrogens with zero attached hydrogens (tertiary/aromatic N) is 4. The quantitative estimate of drug-likeness (QED) is 0.423. The van der Waals surface area contributed by atoms with Gasteiger partial charge in [0.25, 0.3) is 0 Å². The third kappa shape index (κ3) is 3.16. The Bertz CT molecular complexity index is 1140. The topological polar surface area (TPSA) is 103 Å². The van der Waals surface area contributed by atoms with Crippen molar-refractivity contribution in [2.45, 2.75) is 32.3 Å². The lowest BCUT2D eigenvalue weighted by molar-refractivity contribution is 0.178. The summed E-state index contributed by atoms with van der Waals surface area (Å²) in [4.78, 5) is 4.58.